The normalized spacial score (nSPS) is 9.20. The quantitative estimate of drug-likeness (QED) is 0.705. The van der Waals surface area contributed by atoms with Gasteiger partial charge >= 0.3 is 5.97 Å². The molecular weight excluding hydrogens is 196 g/mol. The Balaban J connectivity index is 0.000000167. The van der Waals surface area contributed by atoms with Crippen LogP contribution in [0.3, 0.4) is 0 Å². The summed E-state index contributed by atoms with van der Waals surface area (Å²) in [5.41, 5.74) is 1.59. The zero-order valence-corrected chi connectivity index (χ0v) is 8.60. The number of nitrogens with one attached hydrogen (secondary N) is 1. The summed E-state index contributed by atoms with van der Waals surface area (Å²) < 4.78 is 4.40. The van der Waals surface area contributed by atoms with Gasteiger partial charge in [-0.15, -0.1) is 0 Å². The summed E-state index contributed by atoms with van der Waals surface area (Å²) in [6.45, 7) is 3.65. The molecule has 0 aliphatic heterocycles. The van der Waals surface area contributed by atoms with Crippen LogP contribution in [0.15, 0.2) is 18.9 Å². The van der Waals surface area contributed by atoms with Gasteiger partial charge in [-0.25, -0.2) is 15.0 Å². The molecule has 0 fully saturated rings. The molecule has 1 N–H and O–H groups in total. The van der Waals surface area contributed by atoms with Crippen molar-refractivity contribution in [3.8, 4) is 0 Å². The summed E-state index contributed by atoms with van der Waals surface area (Å²) in [5, 5.41) is 0. The second-order valence-corrected chi connectivity index (χ2v) is 2.59. The summed E-state index contributed by atoms with van der Waals surface area (Å²) in [5.74, 6) is -0.211. The number of hydrogen-bond donors (Lipinski definition) is 1. The van der Waals surface area contributed by atoms with E-state index in [1.54, 1.807) is 19.4 Å². The Hall–Kier alpha value is -1.98. The third-order valence-electron chi connectivity index (χ3n) is 1.45. The molecule has 80 valence electrons. The molecule has 0 aliphatic carbocycles. The van der Waals surface area contributed by atoms with Crippen LogP contribution >= 0.6 is 0 Å². The van der Waals surface area contributed by atoms with Crippen molar-refractivity contribution in [1.29, 1.82) is 0 Å². The van der Waals surface area contributed by atoms with Gasteiger partial charge in [0.25, 0.3) is 0 Å². The number of imidazole rings is 1. The highest BCUT2D eigenvalue weighted by molar-refractivity contribution is 5.67. The lowest BCUT2D eigenvalue weighted by molar-refractivity contribution is -0.140. The molecule has 2 rings (SSSR count). The van der Waals surface area contributed by atoms with Gasteiger partial charge < -0.3 is 9.72 Å². The monoisotopic (exact) mass is 208 g/mol. The van der Waals surface area contributed by atoms with E-state index in [0.717, 1.165) is 5.52 Å². The zero-order chi connectivity index (χ0) is 11.1. The van der Waals surface area contributed by atoms with Crippen LogP contribution in [0.2, 0.25) is 0 Å². The molecule has 0 aliphatic rings. The fraction of sp³-hybridized carbons (Fsp3) is 0.333. The summed E-state index contributed by atoms with van der Waals surface area (Å²) in [6.07, 6.45) is 4.76. The summed E-state index contributed by atoms with van der Waals surface area (Å²) in [4.78, 5) is 24.3. The number of fused-ring (bicyclic) bond motifs is 1. The Kier molecular flexibility index (Phi) is 4.21. The SMILES string of the molecule is CCOC(C)=O.c1ncc2[nH]cnc2n1. The number of nitrogens with zero attached hydrogens (tertiary/aromatic N) is 3. The lowest BCUT2D eigenvalue weighted by Crippen LogP contribution is -1.95. The van der Waals surface area contributed by atoms with E-state index in [-0.39, 0.29) is 5.97 Å². The van der Waals surface area contributed by atoms with Crippen molar-refractivity contribution >= 4 is 17.1 Å². The summed E-state index contributed by atoms with van der Waals surface area (Å²) in [6, 6.07) is 0. The van der Waals surface area contributed by atoms with Crippen LogP contribution in [0.5, 0.6) is 0 Å². The minimum atomic E-state index is -0.211. The Morgan fingerprint density at radius 1 is 1.53 bits per heavy atom. The van der Waals surface area contributed by atoms with Crippen molar-refractivity contribution in [2.75, 3.05) is 6.61 Å². The van der Waals surface area contributed by atoms with E-state index in [1.165, 1.54) is 13.3 Å². The van der Waals surface area contributed by atoms with Crippen LogP contribution in [-0.2, 0) is 9.53 Å². The van der Waals surface area contributed by atoms with Gasteiger partial charge in [-0.1, -0.05) is 0 Å². The fourth-order valence-corrected chi connectivity index (χ4v) is 0.894. The third kappa shape index (κ3) is 3.72. The number of ether oxygens (including phenoxy) is 1. The molecular formula is C9H12N4O2. The molecule has 0 saturated heterocycles. The first-order chi connectivity index (χ1) is 7.24. The van der Waals surface area contributed by atoms with Gasteiger partial charge in [-0.05, 0) is 6.92 Å². The maximum Gasteiger partial charge on any atom is 0.302 e. The average molecular weight is 208 g/mol. The van der Waals surface area contributed by atoms with Crippen molar-refractivity contribution in [2.24, 2.45) is 0 Å². The molecule has 0 unspecified atom stereocenters. The van der Waals surface area contributed by atoms with Crippen LogP contribution in [-0.4, -0.2) is 32.5 Å². The van der Waals surface area contributed by atoms with E-state index in [1.807, 2.05) is 0 Å². The molecule has 6 nitrogen and oxygen atoms in total. The lowest BCUT2D eigenvalue weighted by Gasteiger charge is -1.89. The largest absolute Gasteiger partial charge is 0.466 e. The van der Waals surface area contributed by atoms with Crippen LogP contribution < -0.4 is 0 Å². The number of esters is 1. The lowest BCUT2D eigenvalue weighted by atomic mass is 10.6. The minimum Gasteiger partial charge on any atom is -0.466 e. The van der Waals surface area contributed by atoms with E-state index in [2.05, 4.69) is 24.7 Å². The topological polar surface area (TPSA) is 80.8 Å². The summed E-state index contributed by atoms with van der Waals surface area (Å²) >= 11 is 0. The van der Waals surface area contributed by atoms with E-state index in [9.17, 15) is 4.79 Å². The van der Waals surface area contributed by atoms with Crippen molar-refractivity contribution < 1.29 is 9.53 Å². The third-order valence-corrected chi connectivity index (χ3v) is 1.45. The van der Waals surface area contributed by atoms with Crippen molar-refractivity contribution in [1.82, 2.24) is 19.9 Å². The van der Waals surface area contributed by atoms with Crippen LogP contribution in [0.25, 0.3) is 11.2 Å². The van der Waals surface area contributed by atoms with Crippen molar-refractivity contribution in [3.63, 3.8) is 0 Å². The Bertz CT molecular complexity index is 396. The Labute approximate surface area is 86.7 Å². The molecule has 2 aromatic heterocycles. The van der Waals surface area contributed by atoms with Gasteiger partial charge in [0.05, 0.1) is 19.1 Å². The van der Waals surface area contributed by atoms with E-state index < -0.39 is 0 Å². The van der Waals surface area contributed by atoms with E-state index in [4.69, 9.17) is 0 Å². The zero-order valence-electron chi connectivity index (χ0n) is 8.60. The van der Waals surface area contributed by atoms with Gasteiger partial charge in [0.15, 0.2) is 5.65 Å². The fourth-order valence-electron chi connectivity index (χ4n) is 0.894. The molecule has 6 heteroatoms. The van der Waals surface area contributed by atoms with E-state index >= 15 is 0 Å². The molecule has 0 bridgehead atoms. The molecule has 0 saturated carbocycles. The van der Waals surface area contributed by atoms with Gasteiger partial charge in [-0.2, -0.15) is 0 Å². The summed E-state index contributed by atoms with van der Waals surface area (Å²) in [7, 11) is 0. The number of carbonyl (C=O) groups is 1. The molecule has 0 aromatic carbocycles. The predicted molar refractivity (Wildman–Crippen MR) is 54.0 cm³/mol. The molecule has 2 aromatic rings. The molecule has 0 amide bonds. The molecule has 0 radical (unpaired) electrons. The molecule has 15 heavy (non-hydrogen) atoms. The minimum absolute atomic E-state index is 0.211. The number of hydrogen-bond acceptors (Lipinski definition) is 5. The van der Waals surface area contributed by atoms with Gasteiger partial charge in [0, 0.05) is 6.92 Å². The van der Waals surface area contributed by atoms with Gasteiger partial charge in [-0.3, -0.25) is 4.79 Å². The second kappa shape index (κ2) is 5.69. The highest BCUT2D eigenvalue weighted by Gasteiger charge is 1.91. The first-order valence-electron chi connectivity index (χ1n) is 4.46. The van der Waals surface area contributed by atoms with Crippen molar-refractivity contribution in [3.05, 3.63) is 18.9 Å². The standard InChI is InChI=1S/C5H4N4.C4H8O2/c1-4-5(8-2-6-1)9-3-7-4;1-3-6-4(2)5/h1-3H,(H,6,7,8,9);3H2,1-2H3. The Morgan fingerprint density at radius 3 is 2.87 bits per heavy atom. The number of aromatic amines is 1. The molecule has 2 heterocycles. The van der Waals surface area contributed by atoms with E-state index in [0.29, 0.717) is 12.3 Å². The smallest absolute Gasteiger partial charge is 0.302 e. The average Bonchev–Trinajstić information content (AvgIpc) is 2.65. The number of H-pyrrole nitrogens is 1. The molecule has 0 spiro atoms. The number of rotatable bonds is 1. The highest BCUT2D eigenvalue weighted by atomic mass is 16.5. The first-order valence-corrected chi connectivity index (χ1v) is 4.46. The van der Waals surface area contributed by atoms with Gasteiger partial charge in [0.2, 0.25) is 0 Å². The van der Waals surface area contributed by atoms with Crippen molar-refractivity contribution in [2.45, 2.75) is 13.8 Å². The maximum atomic E-state index is 9.82. The number of aromatic nitrogens is 4. The van der Waals surface area contributed by atoms with Crippen LogP contribution in [0.1, 0.15) is 13.8 Å². The Morgan fingerprint density at radius 2 is 2.33 bits per heavy atom. The number of carbonyl (C=O) groups excluding carboxylic acids is 1. The van der Waals surface area contributed by atoms with Crippen LogP contribution in [0.4, 0.5) is 0 Å². The van der Waals surface area contributed by atoms with Crippen LogP contribution in [0, 0.1) is 0 Å². The predicted octanol–water partition coefficient (Wildman–Crippen LogP) is 0.922. The highest BCUT2D eigenvalue weighted by Crippen LogP contribution is 1.99. The van der Waals surface area contributed by atoms with Gasteiger partial charge in [0.1, 0.15) is 11.8 Å². The molecule has 0 atom stereocenters. The first kappa shape index (κ1) is 11.1. The second-order valence-electron chi connectivity index (χ2n) is 2.59. The maximum absolute atomic E-state index is 9.82.